The fourth-order valence-electron chi connectivity index (χ4n) is 5.85. The first-order chi connectivity index (χ1) is 20.7. The van der Waals surface area contributed by atoms with Crippen LogP contribution in [0.15, 0.2) is 70.3 Å². The number of nitrogens with zero attached hydrogens (tertiary/aromatic N) is 2. The van der Waals surface area contributed by atoms with Crippen LogP contribution in [0.25, 0.3) is 22.2 Å². The van der Waals surface area contributed by atoms with Crippen molar-refractivity contribution in [2.45, 2.75) is 49.5 Å². The molecule has 0 spiro atoms. The molecule has 0 radical (unpaired) electrons. The van der Waals surface area contributed by atoms with Gasteiger partial charge in [-0.05, 0) is 53.5 Å². The summed E-state index contributed by atoms with van der Waals surface area (Å²) >= 11 is 1.16. The molecule has 0 atom stereocenters. The van der Waals surface area contributed by atoms with Gasteiger partial charge in [-0.15, -0.1) is 3.71 Å². The van der Waals surface area contributed by atoms with Crippen LogP contribution in [0.4, 0.5) is 0 Å². The number of hydrogen-bond acceptors (Lipinski definition) is 9. The van der Waals surface area contributed by atoms with Crippen molar-refractivity contribution in [2.24, 2.45) is 0 Å². The molecule has 2 heterocycles. The number of hydrogen-bond donors (Lipinski definition) is 1. The Labute approximate surface area is 260 Å². The summed E-state index contributed by atoms with van der Waals surface area (Å²) in [5.41, 5.74) is 2.57. The number of thiophene rings is 1. The van der Waals surface area contributed by atoms with E-state index in [4.69, 9.17) is 0 Å². The van der Waals surface area contributed by atoms with Crippen LogP contribution in [0.5, 0.6) is 0 Å². The molecule has 1 fully saturated rings. The van der Waals surface area contributed by atoms with Crippen LogP contribution in [0, 0.1) is 0 Å². The maximum Gasteiger partial charge on any atom is 0.270 e. The van der Waals surface area contributed by atoms with Gasteiger partial charge in [0.25, 0.3) is 21.8 Å². The molecule has 2 aromatic carbocycles. The average Bonchev–Trinajstić information content (AvgIpc) is 3.60. The van der Waals surface area contributed by atoms with Gasteiger partial charge in [0.05, 0.1) is 28.6 Å². The second kappa shape index (κ2) is 12.1. The van der Waals surface area contributed by atoms with Crippen molar-refractivity contribution in [1.29, 1.82) is 0 Å². The van der Waals surface area contributed by atoms with Gasteiger partial charge in [0, 0.05) is 16.3 Å². The molecular weight excluding hydrogens is 647 g/mol. The molecule has 4 aromatic rings. The Morgan fingerprint density at radius 1 is 0.909 bits per heavy atom. The van der Waals surface area contributed by atoms with Gasteiger partial charge in [-0.3, -0.25) is 9.59 Å². The SMILES string of the molecule is CS(=O)(=O)N(C(=O)Cn1c(-c2ccccc2)c(C2CCCCC2)c2ccc(C(=O)NS(=O)(=O)c3ccsc3)cc21)S(C)(=O)=O. The number of amides is 2. The smallest absolute Gasteiger partial charge is 0.270 e. The van der Waals surface area contributed by atoms with Crippen molar-refractivity contribution in [2.75, 3.05) is 12.5 Å². The molecule has 0 bridgehead atoms. The van der Waals surface area contributed by atoms with Crippen LogP contribution in [-0.4, -0.2) is 57.9 Å². The Hall–Kier alpha value is -3.53. The lowest BCUT2D eigenvalue weighted by Gasteiger charge is -2.24. The zero-order chi connectivity index (χ0) is 31.9. The number of benzene rings is 2. The minimum Gasteiger partial charge on any atom is -0.331 e. The van der Waals surface area contributed by atoms with Gasteiger partial charge in [-0.2, -0.15) is 11.3 Å². The Morgan fingerprint density at radius 2 is 1.57 bits per heavy atom. The molecule has 5 rings (SSSR count). The van der Waals surface area contributed by atoms with E-state index in [2.05, 4.69) is 4.72 Å². The first kappa shape index (κ1) is 31.9. The van der Waals surface area contributed by atoms with E-state index < -0.39 is 48.4 Å². The van der Waals surface area contributed by atoms with Crippen LogP contribution < -0.4 is 4.72 Å². The zero-order valence-corrected chi connectivity index (χ0v) is 27.2. The van der Waals surface area contributed by atoms with Crippen molar-refractivity contribution >= 4 is 64.1 Å². The summed E-state index contributed by atoms with van der Waals surface area (Å²) in [5.74, 6) is -2.02. The van der Waals surface area contributed by atoms with Crippen LogP contribution in [0.3, 0.4) is 0 Å². The number of nitrogens with one attached hydrogen (secondary N) is 1. The third-order valence-electron chi connectivity index (χ3n) is 7.56. The molecule has 1 N–H and O–H groups in total. The third kappa shape index (κ3) is 6.46. The van der Waals surface area contributed by atoms with E-state index in [0.717, 1.165) is 49.0 Å². The lowest BCUT2D eigenvalue weighted by Crippen LogP contribution is -2.42. The van der Waals surface area contributed by atoms with Crippen molar-refractivity contribution in [3.63, 3.8) is 0 Å². The number of sulfonamides is 3. The topological polar surface area (TPSA) is 157 Å². The molecule has 2 aromatic heterocycles. The predicted octanol–water partition coefficient (Wildman–Crippen LogP) is 4.28. The molecule has 0 saturated heterocycles. The highest BCUT2D eigenvalue weighted by atomic mass is 32.3. The van der Waals surface area contributed by atoms with Crippen LogP contribution >= 0.6 is 11.3 Å². The molecule has 11 nitrogen and oxygen atoms in total. The lowest BCUT2D eigenvalue weighted by molar-refractivity contribution is -0.123. The zero-order valence-electron chi connectivity index (χ0n) is 24.0. The Bertz CT molecular complexity index is 2010. The highest BCUT2D eigenvalue weighted by Crippen LogP contribution is 2.44. The van der Waals surface area contributed by atoms with E-state index in [1.54, 1.807) is 11.4 Å². The first-order valence-electron chi connectivity index (χ1n) is 13.7. The molecule has 44 heavy (non-hydrogen) atoms. The van der Waals surface area contributed by atoms with Crippen molar-refractivity contribution in [3.8, 4) is 11.3 Å². The average molecular weight is 678 g/mol. The van der Waals surface area contributed by atoms with Gasteiger partial charge in [0.15, 0.2) is 0 Å². The predicted molar refractivity (Wildman–Crippen MR) is 169 cm³/mol. The van der Waals surface area contributed by atoms with E-state index in [9.17, 15) is 34.8 Å². The second-order valence-electron chi connectivity index (χ2n) is 10.8. The molecule has 1 aliphatic rings. The summed E-state index contributed by atoms with van der Waals surface area (Å²) in [7, 11) is -13.1. The molecule has 1 saturated carbocycles. The first-order valence-corrected chi connectivity index (χ1v) is 19.8. The molecule has 2 amide bonds. The number of carbonyl (C=O) groups excluding carboxylic acids is 2. The summed E-state index contributed by atoms with van der Waals surface area (Å²) in [4.78, 5) is 26.7. The summed E-state index contributed by atoms with van der Waals surface area (Å²) in [5, 5.41) is 3.67. The summed E-state index contributed by atoms with van der Waals surface area (Å²) < 4.78 is 78.9. The normalized spacial score (nSPS) is 14.9. The number of fused-ring (bicyclic) bond motifs is 1. The van der Waals surface area contributed by atoms with Crippen molar-refractivity contribution < 1.29 is 34.8 Å². The van der Waals surface area contributed by atoms with Gasteiger partial charge >= 0.3 is 0 Å². The number of aromatic nitrogens is 1. The largest absolute Gasteiger partial charge is 0.331 e. The highest BCUT2D eigenvalue weighted by molar-refractivity contribution is 8.04. The molecular formula is C29H31N3O8S4. The summed E-state index contributed by atoms with van der Waals surface area (Å²) in [6.45, 7) is -0.675. The van der Waals surface area contributed by atoms with E-state index >= 15 is 0 Å². The summed E-state index contributed by atoms with van der Waals surface area (Å²) in [6.07, 6.45) is 6.07. The number of carbonyl (C=O) groups is 2. The Kier molecular flexibility index (Phi) is 8.77. The standard InChI is InChI=1S/C29H31N3O8S4/c1-42(35,36)32(43(2,37)38)26(33)18-31-25-17-22(29(34)30-44(39,40)23-15-16-41-19-23)13-14-24(25)27(20-9-5-3-6-10-20)28(31)21-11-7-4-8-12-21/h4,7-8,11-17,19-20H,3,5-6,9-10,18H2,1-2H3,(H,30,34). The van der Waals surface area contributed by atoms with Crippen molar-refractivity contribution in [1.82, 2.24) is 13.0 Å². The van der Waals surface area contributed by atoms with Gasteiger partial charge in [-0.1, -0.05) is 55.7 Å². The maximum atomic E-state index is 13.5. The maximum absolute atomic E-state index is 13.5. The minimum atomic E-state index is -4.50. The van der Waals surface area contributed by atoms with Crippen LogP contribution in [-0.2, 0) is 41.4 Å². The molecule has 0 unspecified atom stereocenters. The number of rotatable bonds is 9. The molecule has 15 heteroatoms. The van der Waals surface area contributed by atoms with E-state index in [0.29, 0.717) is 34.7 Å². The van der Waals surface area contributed by atoms with E-state index in [1.807, 2.05) is 30.3 Å². The molecule has 0 aliphatic heterocycles. The highest BCUT2D eigenvalue weighted by Gasteiger charge is 2.35. The van der Waals surface area contributed by atoms with Gasteiger partial charge < -0.3 is 4.57 Å². The fourth-order valence-corrected chi connectivity index (χ4v) is 10.7. The van der Waals surface area contributed by atoms with Crippen LogP contribution in [0.1, 0.15) is 53.9 Å². The monoisotopic (exact) mass is 677 g/mol. The Balaban J connectivity index is 1.73. The quantitative estimate of drug-likeness (QED) is 0.275. The van der Waals surface area contributed by atoms with E-state index in [-0.39, 0.29) is 20.1 Å². The second-order valence-corrected chi connectivity index (χ2v) is 17.1. The van der Waals surface area contributed by atoms with Gasteiger partial charge in [-0.25, -0.2) is 30.0 Å². The van der Waals surface area contributed by atoms with E-state index in [1.165, 1.54) is 28.1 Å². The fraction of sp³-hybridized carbons (Fsp3) is 0.310. The lowest BCUT2D eigenvalue weighted by atomic mass is 9.82. The van der Waals surface area contributed by atoms with Crippen LogP contribution in [0.2, 0.25) is 0 Å². The van der Waals surface area contributed by atoms with Crippen molar-refractivity contribution in [3.05, 3.63) is 76.5 Å². The van der Waals surface area contributed by atoms with Gasteiger partial charge in [0.2, 0.25) is 20.0 Å². The molecule has 234 valence electrons. The third-order valence-corrected chi connectivity index (χ3v) is 13.0. The van der Waals surface area contributed by atoms with Gasteiger partial charge in [0.1, 0.15) is 6.54 Å². The Morgan fingerprint density at radius 3 is 2.16 bits per heavy atom. The minimum absolute atomic E-state index is 0.0135. The molecule has 1 aliphatic carbocycles. The summed E-state index contributed by atoms with van der Waals surface area (Å²) in [6, 6.07) is 15.2.